The minimum atomic E-state index is 0.158. The number of piperazine rings is 1. The van der Waals surface area contributed by atoms with Gasteiger partial charge in [-0.15, -0.1) is 11.3 Å². The van der Waals surface area contributed by atoms with Crippen molar-refractivity contribution < 1.29 is 4.79 Å². The SMILES string of the molecule is Cc1ccccc1CN1CCN(C(=O)c2sc(CC(C)C)nc2C)CC1. The van der Waals surface area contributed by atoms with Gasteiger partial charge in [0.2, 0.25) is 0 Å². The number of benzene rings is 1. The Kier molecular flexibility index (Phi) is 6.09. The van der Waals surface area contributed by atoms with Gasteiger partial charge in [0.15, 0.2) is 0 Å². The zero-order chi connectivity index (χ0) is 18.7. The van der Waals surface area contributed by atoms with E-state index in [1.807, 2.05) is 11.8 Å². The van der Waals surface area contributed by atoms with Crippen LogP contribution in [0.1, 0.15) is 45.3 Å². The number of amides is 1. The van der Waals surface area contributed by atoms with Gasteiger partial charge in [-0.3, -0.25) is 9.69 Å². The lowest BCUT2D eigenvalue weighted by molar-refractivity contribution is 0.0632. The fourth-order valence-corrected chi connectivity index (χ4v) is 4.61. The van der Waals surface area contributed by atoms with Crippen LogP contribution in [-0.4, -0.2) is 46.9 Å². The maximum Gasteiger partial charge on any atom is 0.265 e. The van der Waals surface area contributed by atoms with Crippen molar-refractivity contribution >= 4 is 17.2 Å². The molecule has 1 saturated heterocycles. The molecule has 1 amide bonds. The van der Waals surface area contributed by atoms with Crippen LogP contribution in [-0.2, 0) is 13.0 Å². The van der Waals surface area contributed by atoms with Crippen LogP contribution in [0.3, 0.4) is 0 Å². The normalized spacial score (nSPS) is 15.7. The third kappa shape index (κ3) is 4.51. The Morgan fingerprint density at radius 3 is 2.50 bits per heavy atom. The lowest BCUT2D eigenvalue weighted by atomic mass is 10.1. The fraction of sp³-hybridized carbons (Fsp3) is 0.524. The molecule has 3 rings (SSSR count). The van der Waals surface area contributed by atoms with Gasteiger partial charge >= 0.3 is 0 Å². The molecule has 1 fully saturated rings. The molecule has 0 aliphatic carbocycles. The predicted molar refractivity (Wildman–Crippen MR) is 108 cm³/mol. The third-order valence-corrected chi connectivity index (χ3v) is 6.10. The molecule has 0 atom stereocenters. The third-order valence-electron chi connectivity index (χ3n) is 4.93. The van der Waals surface area contributed by atoms with Crippen LogP contribution in [0.5, 0.6) is 0 Å². The average Bonchev–Trinajstić information content (AvgIpc) is 2.96. The van der Waals surface area contributed by atoms with Gasteiger partial charge in [-0.25, -0.2) is 4.98 Å². The molecular formula is C21H29N3OS. The summed E-state index contributed by atoms with van der Waals surface area (Å²) in [6.45, 7) is 12.9. The molecule has 1 aliphatic heterocycles. The van der Waals surface area contributed by atoms with E-state index in [0.717, 1.165) is 54.7 Å². The van der Waals surface area contributed by atoms with E-state index in [1.54, 1.807) is 11.3 Å². The molecule has 0 N–H and O–H groups in total. The summed E-state index contributed by atoms with van der Waals surface area (Å²) < 4.78 is 0. The maximum absolute atomic E-state index is 12.9. The van der Waals surface area contributed by atoms with Gasteiger partial charge in [0.25, 0.3) is 5.91 Å². The standard InChI is InChI=1S/C21H29N3OS/c1-15(2)13-19-22-17(4)20(26-19)21(25)24-11-9-23(10-12-24)14-18-8-6-5-7-16(18)3/h5-8,15H,9-14H2,1-4H3. The molecule has 0 spiro atoms. The topological polar surface area (TPSA) is 36.4 Å². The first kappa shape index (κ1) is 19.1. The van der Waals surface area contributed by atoms with E-state index in [-0.39, 0.29) is 5.91 Å². The second-order valence-electron chi connectivity index (χ2n) is 7.61. The van der Waals surface area contributed by atoms with Crippen LogP contribution in [0.15, 0.2) is 24.3 Å². The number of carbonyl (C=O) groups is 1. The summed E-state index contributed by atoms with van der Waals surface area (Å²) in [5.41, 5.74) is 3.60. The summed E-state index contributed by atoms with van der Waals surface area (Å²) in [5.74, 6) is 0.721. The van der Waals surface area contributed by atoms with Crippen molar-refractivity contribution in [3.63, 3.8) is 0 Å². The number of nitrogens with zero attached hydrogens (tertiary/aromatic N) is 3. The highest BCUT2D eigenvalue weighted by Gasteiger charge is 2.25. The highest BCUT2D eigenvalue weighted by molar-refractivity contribution is 7.13. The van der Waals surface area contributed by atoms with E-state index in [2.05, 4.69) is 54.9 Å². The highest BCUT2D eigenvalue weighted by Crippen LogP contribution is 2.23. The van der Waals surface area contributed by atoms with Crippen LogP contribution in [0.25, 0.3) is 0 Å². The zero-order valence-corrected chi connectivity index (χ0v) is 17.1. The fourth-order valence-electron chi connectivity index (χ4n) is 3.37. The molecule has 0 bridgehead atoms. The van der Waals surface area contributed by atoms with Crippen molar-refractivity contribution in [1.29, 1.82) is 0 Å². The Hall–Kier alpha value is -1.72. The van der Waals surface area contributed by atoms with E-state index in [1.165, 1.54) is 11.1 Å². The van der Waals surface area contributed by atoms with E-state index in [9.17, 15) is 4.79 Å². The van der Waals surface area contributed by atoms with Crippen LogP contribution in [0.4, 0.5) is 0 Å². The highest BCUT2D eigenvalue weighted by atomic mass is 32.1. The van der Waals surface area contributed by atoms with E-state index < -0.39 is 0 Å². The Morgan fingerprint density at radius 2 is 1.85 bits per heavy atom. The Bertz CT molecular complexity index is 760. The molecule has 4 nitrogen and oxygen atoms in total. The molecule has 0 unspecified atom stereocenters. The molecule has 2 aromatic rings. The van der Waals surface area contributed by atoms with Crippen LogP contribution in [0, 0.1) is 19.8 Å². The predicted octanol–water partition coefficient (Wildman–Crippen LogP) is 3.92. The van der Waals surface area contributed by atoms with Crippen molar-refractivity contribution in [2.24, 2.45) is 5.92 Å². The van der Waals surface area contributed by atoms with Gasteiger partial charge in [0.05, 0.1) is 10.7 Å². The van der Waals surface area contributed by atoms with E-state index in [0.29, 0.717) is 5.92 Å². The van der Waals surface area contributed by atoms with Crippen molar-refractivity contribution in [1.82, 2.24) is 14.8 Å². The maximum atomic E-state index is 12.9. The molecule has 0 radical (unpaired) electrons. The largest absolute Gasteiger partial charge is 0.335 e. The minimum Gasteiger partial charge on any atom is -0.335 e. The van der Waals surface area contributed by atoms with E-state index >= 15 is 0 Å². The molecule has 0 saturated carbocycles. The summed E-state index contributed by atoms with van der Waals surface area (Å²) in [6.07, 6.45) is 0.947. The second-order valence-corrected chi connectivity index (χ2v) is 8.70. The van der Waals surface area contributed by atoms with Gasteiger partial charge in [0, 0.05) is 39.1 Å². The molecule has 1 aliphatic rings. The smallest absolute Gasteiger partial charge is 0.265 e. The molecule has 5 heteroatoms. The number of aryl methyl sites for hydroxylation is 2. The van der Waals surface area contributed by atoms with E-state index in [4.69, 9.17) is 0 Å². The van der Waals surface area contributed by atoms with Crippen molar-refractivity contribution in [3.05, 3.63) is 51.0 Å². The van der Waals surface area contributed by atoms with Gasteiger partial charge in [-0.2, -0.15) is 0 Å². The van der Waals surface area contributed by atoms with Crippen molar-refractivity contribution in [2.75, 3.05) is 26.2 Å². The summed E-state index contributed by atoms with van der Waals surface area (Å²) in [6, 6.07) is 8.55. The molecule has 1 aromatic heterocycles. The zero-order valence-electron chi connectivity index (χ0n) is 16.3. The molecule has 26 heavy (non-hydrogen) atoms. The van der Waals surface area contributed by atoms with Crippen molar-refractivity contribution in [3.8, 4) is 0 Å². The van der Waals surface area contributed by atoms with Gasteiger partial charge < -0.3 is 4.90 Å². The first-order valence-corrected chi connectivity index (χ1v) is 10.3. The number of thiazole rings is 1. The lowest BCUT2D eigenvalue weighted by Crippen LogP contribution is -2.48. The number of rotatable bonds is 5. The summed E-state index contributed by atoms with van der Waals surface area (Å²) in [4.78, 5) is 22.8. The molecular weight excluding hydrogens is 342 g/mol. The number of carbonyl (C=O) groups excluding carboxylic acids is 1. The van der Waals surface area contributed by atoms with Gasteiger partial charge in [-0.1, -0.05) is 38.1 Å². The number of aromatic nitrogens is 1. The molecule has 1 aromatic carbocycles. The van der Waals surface area contributed by atoms with Gasteiger partial charge in [0.1, 0.15) is 4.88 Å². The Balaban J connectivity index is 1.58. The van der Waals surface area contributed by atoms with Crippen LogP contribution in [0.2, 0.25) is 0 Å². The number of hydrogen-bond donors (Lipinski definition) is 0. The molecule has 140 valence electrons. The first-order valence-electron chi connectivity index (χ1n) is 9.46. The van der Waals surface area contributed by atoms with Gasteiger partial charge in [-0.05, 0) is 30.9 Å². The quantitative estimate of drug-likeness (QED) is 0.799. The summed E-state index contributed by atoms with van der Waals surface area (Å²) in [7, 11) is 0. The van der Waals surface area contributed by atoms with Crippen LogP contribution >= 0.6 is 11.3 Å². The monoisotopic (exact) mass is 371 g/mol. The first-order chi connectivity index (χ1) is 12.4. The van der Waals surface area contributed by atoms with Crippen LogP contribution < -0.4 is 0 Å². The number of hydrogen-bond acceptors (Lipinski definition) is 4. The van der Waals surface area contributed by atoms with Crippen molar-refractivity contribution in [2.45, 2.75) is 40.7 Å². The Labute approximate surface area is 160 Å². The summed E-state index contributed by atoms with van der Waals surface area (Å²) >= 11 is 1.58. The minimum absolute atomic E-state index is 0.158. The lowest BCUT2D eigenvalue weighted by Gasteiger charge is -2.34. The average molecular weight is 372 g/mol. The second kappa shape index (κ2) is 8.31. The Morgan fingerprint density at radius 1 is 1.15 bits per heavy atom. The molecule has 2 heterocycles. The summed E-state index contributed by atoms with van der Waals surface area (Å²) in [5, 5.41) is 1.08.